The number of carbonyl (C=O) groups excluding carboxylic acids is 3. The normalized spacial score (nSPS) is 12.6. The molecule has 17 heteroatoms. The van der Waals surface area contributed by atoms with Crippen LogP contribution >= 0.6 is 0 Å². The highest BCUT2D eigenvalue weighted by molar-refractivity contribution is 5.83. The Bertz CT molecular complexity index is 2650. The number of alkyl carbamates (subject to hydrolysis) is 2. The minimum Gasteiger partial charge on any atom is -0.480 e. The summed E-state index contributed by atoms with van der Waals surface area (Å²) < 4.78 is 15.7. The summed E-state index contributed by atoms with van der Waals surface area (Å²) in [6.07, 6.45) is -1.50. The summed E-state index contributed by atoms with van der Waals surface area (Å²) in [6.45, 7) is 0.189. The Labute approximate surface area is 384 Å². The zero-order valence-corrected chi connectivity index (χ0v) is 36.3. The van der Waals surface area contributed by atoms with E-state index in [1.165, 1.54) is 55.6 Å². The van der Waals surface area contributed by atoms with Crippen molar-refractivity contribution in [2.24, 2.45) is 0 Å². The van der Waals surface area contributed by atoms with Crippen LogP contribution in [-0.4, -0.2) is 83.7 Å². The largest absolute Gasteiger partial charge is 0.480 e. The van der Waals surface area contributed by atoms with Gasteiger partial charge in [0.1, 0.15) is 25.3 Å². The van der Waals surface area contributed by atoms with E-state index in [0.29, 0.717) is 11.1 Å². The second kappa shape index (κ2) is 22.5. The molecule has 67 heavy (non-hydrogen) atoms. The molecule has 17 nitrogen and oxygen atoms in total. The molecule has 0 heterocycles. The summed E-state index contributed by atoms with van der Waals surface area (Å²) in [5.41, 5.74) is 9.74. The number of non-ortho nitro benzene ring substituents is 2. The summed E-state index contributed by atoms with van der Waals surface area (Å²) in [5, 5.41) is 43.0. The molecule has 0 aromatic heterocycles. The van der Waals surface area contributed by atoms with Gasteiger partial charge in [-0.05, 0) is 55.6 Å². The third kappa shape index (κ3) is 11.6. The van der Waals surface area contributed by atoms with Gasteiger partial charge in [0, 0.05) is 56.1 Å². The van der Waals surface area contributed by atoms with Crippen molar-refractivity contribution in [2.75, 3.05) is 27.4 Å². The number of benzene rings is 6. The first-order chi connectivity index (χ1) is 32.4. The first kappa shape index (κ1) is 48.0. The molecule has 6 aromatic carbocycles. The maximum atomic E-state index is 12.6. The number of nitro benzene ring substituents is 2. The SMILES string of the molecule is CO.COC(=O)C(Cc1ccc([N+](=O)[O-])cc1)NC(=O)OCC1c2ccccc2-c2ccccc21.O=C(NC(Cc1ccc([N+](=O)[O-])cc1)C(=O)O)OCC1c2ccccc2-c2ccccc21. The number of carbonyl (C=O) groups is 4. The Morgan fingerprint density at radius 1 is 0.537 bits per heavy atom. The molecule has 2 aliphatic carbocycles. The molecule has 0 bridgehead atoms. The van der Waals surface area contributed by atoms with E-state index in [-0.39, 0.29) is 49.3 Å². The first-order valence-electron chi connectivity index (χ1n) is 20.9. The zero-order valence-electron chi connectivity index (χ0n) is 36.3. The number of carboxylic acid groups (broad SMARTS) is 1. The van der Waals surface area contributed by atoms with E-state index in [2.05, 4.69) is 10.6 Å². The van der Waals surface area contributed by atoms with E-state index in [4.69, 9.17) is 19.3 Å². The number of rotatable bonds is 14. The number of ether oxygens (including phenoxy) is 3. The smallest absolute Gasteiger partial charge is 0.407 e. The van der Waals surface area contributed by atoms with Crippen LogP contribution in [0.4, 0.5) is 21.0 Å². The molecule has 0 saturated carbocycles. The van der Waals surface area contributed by atoms with Crippen LogP contribution in [0.25, 0.3) is 22.3 Å². The molecule has 6 aromatic rings. The van der Waals surface area contributed by atoms with Crippen molar-refractivity contribution in [3.63, 3.8) is 0 Å². The van der Waals surface area contributed by atoms with Crippen LogP contribution in [-0.2, 0) is 36.6 Å². The van der Waals surface area contributed by atoms with Gasteiger partial charge in [0.05, 0.1) is 17.0 Å². The van der Waals surface area contributed by atoms with Crippen molar-refractivity contribution in [2.45, 2.75) is 36.8 Å². The summed E-state index contributed by atoms with van der Waals surface area (Å²) in [6, 6.07) is 40.9. The lowest BCUT2D eigenvalue weighted by molar-refractivity contribution is -0.385. The number of amides is 2. The number of nitrogens with one attached hydrogen (secondary N) is 2. The number of carboxylic acids is 1. The highest BCUT2D eigenvalue weighted by Gasteiger charge is 2.32. The Hall–Kier alpha value is -8.44. The van der Waals surface area contributed by atoms with Crippen molar-refractivity contribution in [3.8, 4) is 22.3 Å². The third-order valence-corrected chi connectivity index (χ3v) is 11.2. The predicted octanol–water partition coefficient (Wildman–Crippen LogP) is 7.96. The van der Waals surface area contributed by atoms with Crippen molar-refractivity contribution in [3.05, 3.63) is 199 Å². The number of nitro groups is 2. The molecule has 344 valence electrons. The lowest BCUT2D eigenvalue weighted by Crippen LogP contribution is -2.43. The molecule has 0 radical (unpaired) electrons. The molecule has 2 amide bonds. The Kier molecular flexibility index (Phi) is 16.1. The van der Waals surface area contributed by atoms with Crippen molar-refractivity contribution < 1.29 is 53.4 Å². The van der Waals surface area contributed by atoms with E-state index >= 15 is 0 Å². The van der Waals surface area contributed by atoms with Crippen LogP contribution in [0.3, 0.4) is 0 Å². The van der Waals surface area contributed by atoms with Gasteiger partial charge in [-0.3, -0.25) is 20.2 Å². The average Bonchev–Trinajstić information content (AvgIpc) is 3.85. The fraction of sp³-hybridized carbons (Fsp3) is 0.200. The summed E-state index contributed by atoms with van der Waals surface area (Å²) in [5.74, 6) is -2.10. The van der Waals surface area contributed by atoms with Gasteiger partial charge in [-0.1, -0.05) is 121 Å². The predicted molar refractivity (Wildman–Crippen MR) is 245 cm³/mol. The minimum atomic E-state index is -1.23. The number of hydrogen-bond acceptors (Lipinski definition) is 12. The molecular formula is C50H46N4O13. The summed E-state index contributed by atoms with van der Waals surface area (Å²) >= 11 is 0. The topological polar surface area (TPSA) is 247 Å². The Morgan fingerprint density at radius 2 is 0.851 bits per heavy atom. The summed E-state index contributed by atoms with van der Waals surface area (Å²) in [4.78, 5) is 69.3. The standard InChI is InChI=1S/C25H22N2O6.C24H20N2O6.CH4O/c1-32-24(28)23(14-16-10-12-17(13-11-16)27(30)31)26-25(29)33-15-22-20-8-4-2-6-18(20)19-7-3-5-9-21(19)22;27-23(28)22(13-15-9-11-16(12-10-15)26(30)31)25-24(29)32-14-21-19-7-3-1-5-17(19)18-6-2-4-8-20(18)21;1-2/h2-13,22-23H,14-15H2,1H3,(H,26,29);1-12,21-22H,13-14H2,(H,25,29)(H,27,28);2H,1H3. The maximum absolute atomic E-state index is 12.6. The summed E-state index contributed by atoms with van der Waals surface area (Å²) in [7, 11) is 2.23. The molecule has 0 spiro atoms. The number of methoxy groups -OCH3 is 1. The van der Waals surface area contributed by atoms with Crippen LogP contribution < -0.4 is 10.6 Å². The fourth-order valence-corrected chi connectivity index (χ4v) is 8.08. The van der Waals surface area contributed by atoms with Gasteiger partial charge < -0.3 is 35.1 Å². The second-order valence-electron chi connectivity index (χ2n) is 15.2. The minimum absolute atomic E-state index is 0.0302. The van der Waals surface area contributed by atoms with E-state index < -0.39 is 46.1 Å². The molecule has 0 saturated heterocycles. The first-order valence-corrected chi connectivity index (χ1v) is 20.9. The zero-order chi connectivity index (χ0) is 48.0. The molecule has 2 aliphatic rings. The molecular weight excluding hydrogens is 865 g/mol. The van der Waals surface area contributed by atoms with E-state index in [0.717, 1.165) is 51.6 Å². The lowest BCUT2D eigenvalue weighted by Gasteiger charge is -2.18. The molecule has 2 atom stereocenters. The number of aliphatic carboxylic acids is 1. The van der Waals surface area contributed by atoms with Gasteiger partial charge in [0.15, 0.2) is 0 Å². The van der Waals surface area contributed by atoms with Gasteiger partial charge in [-0.15, -0.1) is 0 Å². The molecule has 0 fully saturated rings. The number of nitrogens with zero attached hydrogens (tertiary/aromatic N) is 2. The highest BCUT2D eigenvalue weighted by Crippen LogP contribution is 2.45. The van der Waals surface area contributed by atoms with E-state index in [1.54, 1.807) is 0 Å². The molecule has 4 N–H and O–H groups in total. The quantitative estimate of drug-likeness (QED) is 0.0351. The lowest BCUT2D eigenvalue weighted by atomic mass is 9.98. The Morgan fingerprint density at radius 3 is 1.16 bits per heavy atom. The molecule has 8 rings (SSSR count). The van der Waals surface area contributed by atoms with Crippen LogP contribution in [0.15, 0.2) is 146 Å². The third-order valence-electron chi connectivity index (χ3n) is 11.2. The Balaban J connectivity index is 0.000000213. The second-order valence-corrected chi connectivity index (χ2v) is 15.2. The average molecular weight is 911 g/mol. The van der Waals surface area contributed by atoms with Gasteiger partial charge >= 0.3 is 24.1 Å². The van der Waals surface area contributed by atoms with Gasteiger partial charge in [-0.25, -0.2) is 19.2 Å². The number of aliphatic hydroxyl groups excluding tert-OH is 1. The number of fused-ring (bicyclic) bond motifs is 6. The van der Waals surface area contributed by atoms with Gasteiger partial charge in [0.2, 0.25) is 0 Å². The van der Waals surface area contributed by atoms with E-state index in [1.807, 2.05) is 97.1 Å². The number of esters is 1. The highest BCUT2D eigenvalue weighted by atomic mass is 16.6. The maximum Gasteiger partial charge on any atom is 0.407 e. The van der Waals surface area contributed by atoms with Crippen LogP contribution in [0.1, 0.15) is 45.2 Å². The van der Waals surface area contributed by atoms with Crippen molar-refractivity contribution in [1.29, 1.82) is 0 Å². The molecule has 0 aliphatic heterocycles. The van der Waals surface area contributed by atoms with Gasteiger partial charge in [-0.2, -0.15) is 0 Å². The van der Waals surface area contributed by atoms with Crippen molar-refractivity contribution in [1.82, 2.24) is 10.6 Å². The van der Waals surface area contributed by atoms with Gasteiger partial charge in [0.25, 0.3) is 11.4 Å². The monoisotopic (exact) mass is 910 g/mol. The number of aliphatic hydroxyl groups is 1. The van der Waals surface area contributed by atoms with Crippen LogP contribution in [0, 0.1) is 20.2 Å². The van der Waals surface area contributed by atoms with Crippen molar-refractivity contribution >= 4 is 35.5 Å². The molecule has 2 unspecified atom stereocenters. The van der Waals surface area contributed by atoms with Crippen LogP contribution in [0.2, 0.25) is 0 Å². The number of hydrogen-bond donors (Lipinski definition) is 4. The van der Waals surface area contributed by atoms with E-state index in [9.17, 15) is 44.5 Å². The fourth-order valence-electron chi connectivity index (χ4n) is 8.08. The van der Waals surface area contributed by atoms with Crippen LogP contribution in [0.5, 0.6) is 0 Å².